The molecule has 3 heteroatoms. The lowest BCUT2D eigenvalue weighted by molar-refractivity contribution is 0.126. The summed E-state index contributed by atoms with van der Waals surface area (Å²) < 4.78 is 1.95. The van der Waals surface area contributed by atoms with E-state index in [1.54, 1.807) is 0 Å². The van der Waals surface area contributed by atoms with Crippen molar-refractivity contribution in [2.45, 2.75) is 31.3 Å². The average molecular weight is 624 g/mol. The van der Waals surface area contributed by atoms with Gasteiger partial charge in [0.15, 0.2) is 0 Å². The lowest BCUT2D eigenvalue weighted by atomic mass is 9.75. The first-order valence-corrected chi connectivity index (χ1v) is 14.5. The Labute approximate surface area is 241 Å². The molecule has 0 saturated heterocycles. The van der Waals surface area contributed by atoms with Crippen LogP contribution in [0.25, 0.3) is 22.3 Å². The van der Waals surface area contributed by atoms with Crippen LogP contribution in [0.1, 0.15) is 48.1 Å². The van der Waals surface area contributed by atoms with Crippen molar-refractivity contribution in [1.29, 1.82) is 0 Å². The van der Waals surface area contributed by atoms with Gasteiger partial charge in [0, 0.05) is 19.9 Å². The first kappa shape index (κ1) is 25.3. The van der Waals surface area contributed by atoms with E-state index in [-0.39, 0.29) is 5.41 Å². The fourth-order valence-corrected chi connectivity index (χ4v) is 6.57. The predicted octanol–water partition coefficient (Wildman–Crippen LogP) is 9.86. The van der Waals surface area contributed by atoms with E-state index in [9.17, 15) is 5.11 Å². The molecule has 188 valence electrons. The fourth-order valence-electron chi connectivity index (χ4n) is 6.04. The number of halogens is 2. The topological polar surface area (TPSA) is 20.2 Å². The molecule has 1 N–H and O–H groups in total. The first-order valence-electron chi connectivity index (χ1n) is 12.9. The Balaban J connectivity index is 1.58. The van der Waals surface area contributed by atoms with Crippen molar-refractivity contribution in [3.8, 4) is 22.3 Å². The van der Waals surface area contributed by atoms with Gasteiger partial charge in [0.1, 0.15) is 5.60 Å². The zero-order valence-corrected chi connectivity index (χ0v) is 24.6. The highest BCUT2D eigenvalue weighted by Crippen LogP contribution is 2.52. The van der Waals surface area contributed by atoms with Crippen LogP contribution in [0.2, 0.25) is 0 Å². The fraction of sp³-hybridized carbons (Fsp3) is 0.143. The van der Waals surface area contributed by atoms with Gasteiger partial charge in [-0.2, -0.15) is 0 Å². The maximum Gasteiger partial charge on any atom is 0.141 e. The molecular formula is C35H28Br2O. The van der Waals surface area contributed by atoms with Crippen LogP contribution >= 0.6 is 31.9 Å². The van der Waals surface area contributed by atoms with Gasteiger partial charge in [-0.3, -0.25) is 0 Å². The van der Waals surface area contributed by atoms with Crippen molar-refractivity contribution in [3.63, 3.8) is 0 Å². The molecule has 0 spiro atoms. The van der Waals surface area contributed by atoms with E-state index in [0.717, 1.165) is 43.2 Å². The molecule has 0 saturated carbocycles. The summed E-state index contributed by atoms with van der Waals surface area (Å²) in [5, 5.41) is 12.7. The number of hydrogen-bond acceptors (Lipinski definition) is 1. The molecule has 0 amide bonds. The maximum atomic E-state index is 12.7. The van der Waals surface area contributed by atoms with Gasteiger partial charge in [-0.15, -0.1) is 0 Å². The minimum Gasteiger partial charge on any atom is -0.376 e. The molecule has 5 aromatic carbocycles. The van der Waals surface area contributed by atoms with Gasteiger partial charge in [0.25, 0.3) is 0 Å². The van der Waals surface area contributed by atoms with Gasteiger partial charge in [0.05, 0.1) is 0 Å². The van der Waals surface area contributed by atoms with E-state index in [4.69, 9.17) is 0 Å². The smallest absolute Gasteiger partial charge is 0.141 e. The Morgan fingerprint density at radius 3 is 1.76 bits per heavy atom. The lowest BCUT2D eigenvalue weighted by Gasteiger charge is -2.32. The zero-order chi connectivity index (χ0) is 26.5. The van der Waals surface area contributed by atoms with Gasteiger partial charge >= 0.3 is 0 Å². The van der Waals surface area contributed by atoms with E-state index < -0.39 is 5.60 Å². The van der Waals surface area contributed by atoms with E-state index >= 15 is 0 Å². The molecular weight excluding hydrogens is 596 g/mol. The second kappa shape index (κ2) is 9.64. The Bertz CT molecular complexity index is 1590. The largest absolute Gasteiger partial charge is 0.376 e. The molecule has 0 aliphatic heterocycles. The molecule has 6 rings (SSSR count). The van der Waals surface area contributed by atoms with Crippen molar-refractivity contribution < 1.29 is 5.11 Å². The molecule has 0 radical (unpaired) electrons. The monoisotopic (exact) mass is 622 g/mol. The van der Waals surface area contributed by atoms with E-state index in [1.807, 2.05) is 54.6 Å². The number of aliphatic hydroxyl groups is 1. The van der Waals surface area contributed by atoms with Crippen LogP contribution in [-0.2, 0) is 11.0 Å². The second-order valence-corrected chi connectivity index (χ2v) is 12.1. The first-order chi connectivity index (χ1) is 18.4. The number of fused-ring (bicyclic) bond motifs is 3. The van der Waals surface area contributed by atoms with Gasteiger partial charge in [0.2, 0.25) is 0 Å². The summed E-state index contributed by atoms with van der Waals surface area (Å²) in [5.74, 6) is 0. The summed E-state index contributed by atoms with van der Waals surface area (Å²) in [6, 6.07) is 39.8. The highest BCUT2D eigenvalue weighted by molar-refractivity contribution is 9.10. The molecule has 0 heterocycles. The van der Waals surface area contributed by atoms with Crippen LogP contribution in [0.4, 0.5) is 0 Å². The maximum absolute atomic E-state index is 12.7. The molecule has 0 fully saturated rings. The van der Waals surface area contributed by atoms with E-state index in [0.29, 0.717) is 0 Å². The summed E-state index contributed by atoms with van der Waals surface area (Å²) in [6.07, 6.45) is 1.02. The van der Waals surface area contributed by atoms with Gasteiger partial charge in [-0.05, 0) is 81.3 Å². The van der Waals surface area contributed by atoms with Crippen LogP contribution in [0.15, 0.2) is 124 Å². The highest BCUT2D eigenvalue weighted by atomic mass is 79.9. The van der Waals surface area contributed by atoms with Crippen molar-refractivity contribution in [2.24, 2.45) is 0 Å². The summed E-state index contributed by atoms with van der Waals surface area (Å²) >= 11 is 7.11. The van der Waals surface area contributed by atoms with Crippen molar-refractivity contribution in [1.82, 2.24) is 0 Å². The highest BCUT2D eigenvalue weighted by Gasteiger charge is 2.39. The molecule has 38 heavy (non-hydrogen) atoms. The van der Waals surface area contributed by atoms with Gasteiger partial charge < -0.3 is 5.11 Å². The van der Waals surface area contributed by atoms with Crippen molar-refractivity contribution >= 4 is 31.9 Å². The van der Waals surface area contributed by atoms with E-state index in [1.165, 1.54) is 22.3 Å². The molecule has 0 aromatic heterocycles. The summed E-state index contributed by atoms with van der Waals surface area (Å²) in [5.41, 5.74) is 8.63. The number of rotatable bonds is 5. The summed E-state index contributed by atoms with van der Waals surface area (Å²) in [6.45, 7) is 4.62. The minimum atomic E-state index is -1.34. The van der Waals surface area contributed by atoms with Crippen LogP contribution in [-0.4, -0.2) is 5.11 Å². The standard InChI is InChI=1S/C35H28Br2O/c1-3-34(2)31-10-6-5-9-29(31)30-21-12-23(22-33(30)34)28-8-4-7-11-32(28)35(38,24-13-17-26(36)18-14-24)25-15-19-27(37)20-16-25/h4-22,38H,3H2,1-2H3. The Kier molecular flexibility index (Phi) is 6.42. The summed E-state index contributed by atoms with van der Waals surface area (Å²) in [7, 11) is 0. The minimum absolute atomic E-state index is 0.0510. The number of hydrogen-bond donors (Lipinski definition) is 1. The van der Waals surface area contributed by atoms with Gasteiger partial charge in [-0.1, -0.05) is 131 Å². The van der Waals surface area contributed by atoms with Crippen molar-refractivity contribution in [2.75, 3.05) is 0 Å². The Hall–Kier alpha value is -2.98. The molecule has 1 aliphatic carbocycles. The molecule has 0 bridgehead atoms. The van der Waals surface area contributed by atoms with Gasteiger partial charge in [-0.25, -0.2) is 0 Å². The Morgan fingerprint density at radius 2 is 1.16 bits per heavy atom. The van der Waals surface area contributed by atoms with Crippen molar-refractivity contribution in [3.05, 3.63) is 152 Å². The molecule has 1 aliphatic rings. The second-order valence-electron chi connectivity index (χ2n) is 10.3. The third-order valence-corrected chi connectivity index (χ3v) is 9.34. The van der Waals surface area contributed by atoms with Crippen LogP contribution in [0, 0.1) is 0 Å². The van der Waals surface area contributed by atoms with Crippen LogP contribution in [0.3, 0.4) is 0 Å². The Morgan fingerprint density at radius 1 is 0.632 bits per heavy atom. The predicted molar refractivity (Wildman–Crippen MR) is 164 cm³/mol. The SMILES string of the molecule is CCC1(C)c2ccccc2-c2ccc(-c3ccccc3C(O)(c3ccc(Br)cc3)c3ccc(Br)cc3)cc21. The third-order valence-electron chi connectivity index (χ3n) is 8.28. The molecule has 1 unspecified atom stereocenters. The molecule has 1 atom stereocenters. The van der Waals surface area contributed by atoms with E-state index in [2.05, 4.69) is 106 Å². The zero-order valence-electron chi connectivity index (χ0n) is 21.4. The third kappa shape index (κ3) is 3.91. The number of benzene rings is 5. The normalized spacial score (nSPS) is 16.2. The molecule has 5 aromatic rings. The quantitative estimate of drug-likeness (QED) is 0.193. The lowest BCUT2D eigenvalue weighted by Crippen LogP contribution is -2.29. The van der Waals surface area contributed by atoms with Crippen LogP contribution in [0.5, 0.6) is 0 Å². The average Bonchev–Trinajstić information content (AvgIpc) is 3.21. The van der Waals surface area contributed by atoms with Crippen LogP contribution < -0.4 is 0 Å². The summed E-state index contributed by atoms with van der Waals surface area (Å²) in [4.78, 5) is 0. The molecule has 1 nitrogen and oxygen atoms in total.